The first-order valence-electron chi connectivity index (χ1n) is 9.18. The second kappa shape index (κ2) is 9.20. The van der Waals surface area contributed by atoms with E-state index < -0.39 is 0 Å². The molecule has 0 aliphatic heterocycles. The number of hydrazine groups is 2. The summed E-state index contributed by atoms with van der Waals surface area (Å²) in [6.45, 7) is 5.49. The molecule has 0 amide bonds. The van der Waals surface area contributed by atoms with Gasteiger partial charge in [-0.25, -0.2) is 11.7 Å². The van der Waals surface area contributed by atoms with Gasteiger partial charge >= 0.3 is 0 Å². The number of hydrogen-bond donors (Lipinski definition) is 6. The van der Waals surface area contributed by atoms with Crippen LogP contribution in [-0.2, 0) is 0 Å². The van der Waals surface area contributed by atoms with Gasteiger partial charge in [0.05, 0.1) is 28.8 Å². The molecule has 0 aliphatic rings. The molecule has 11 N–H and O–H groups in total. The summed E-state index contributed by atoms with van der Waals surface area (Å²) in [6.07, 6.45) is 2.08. The molecule has 0 bridgehead atoms. The maximum Gasteiger partial charge on any atom is 0.0770 e. The molecular weight excluding hydrogens is 340 g/mol. The van der Waals surface area contributed by atoms with Crippen LogP contribution < -0.4 is 44.2 Å². The molecule has 2 aromatic rings. The van der Waals surface area contributed by atoms with Gasteiger partial charge in [0.25, 0.3) is 0 Å². The van der Waals surface area contributed by atoms with Gasteiger partial charge in [0.15, 0.2) is 0 Å². The number of nitrogens with zero attached hydrogens (tertiary/aromatic N) is 2. The van der Waals surface area contributed by atoms with Crippen LogP contribution in [-0.4, -0.2) is 19.1 Å². The van der Waals surface area contributed by atoms with Crippen molar-refractivity contribution in [3.63, 3.8) is 0 Å². The average molecular weight is 373 g/mol. The molecule has 1 atom stereocenters. The fourth-order valence-electron chi connectivity index (χ4n) is 2.74. The van der Waals surface area contributed by atoms with Gasteiger partial charge in [-0.2, -0.15) is 0 Å². The topological polar surface area (TPSA) is 149 Å². The molecule has 0 saturated carbocycles. The zero-order valence-corrected chi connectivity index (χ0v) is 16.2. The minimum Gasteiger partial charge on any atom is -0.399 e. The Labute approximate surface area is 161 Å². The van der Waals surface area contributed by atoms with Gasteiger partial charge in [-0.05, 0) is 49.7 Å². The van der Waals surface area contributed by atoms with Gasteiger partial charge in [-0.3, -0.25) is 0 Å². The van der Waals surface area contributed by atoms with Crippen LogP contribution in [0.1, 0.15) is 26.7 Å². The quantitative estimate of drug-likeness (QED) is 0.223. The van der Waals surface area contributed by atoms with Gasteiger partial charge in [0.1, 0.15) is 0 Å². The summed E-state index contributed by atoms with van der Waals surface area (Å²) in [5, 5.41) is 6.69. The van der Waals surface area contributed by atoms with E-state index in [2.05, 4.69) is 12.2 Å². The standard InChI is InChI=1S/C19H32N8/c1-3-4-9-26(23)18-11-15(6-8-16(18)21)25-12-13(2)27(24)19-10-14(20)5-7-17(19)22/h5-8,10-11,13,25H,3-4,9,12,20-24H2,1-2H3. The van der Waals surface area contributed by atoms with Crippen LogP contribution in [0.3, 0.4) is 0 Å². The van der Waals surface area contributed by atoms with Crippen molar-refractivity contribution in [3.05, 3.63) is 36.4 Å². The molecular formula is C19H32N8. The van der Waals surface area contributed by atoms with Crippen molar-refractivity contribution in [2.45, 2.75) is 32.7 Å². The lowest BCUT2D eigenvalue weighted by molar-refractivity contribution is 0.680. The summed E-state index contributed by atoms with van der Waals surface area (Å²) >= 11 is 0. The molecule has 0 heterocycles. The number of unbranched alkanes of at least 4 members (excludes halogenated alkanes) is 1. The lowest BCUT2D eigenvalue weighted by Gasteiger charge is -2.28. The van der Waals surface area contributed by atoms with E-state index in [0.29, 0.717) is 29.3 Å². The maximum atomic E-state index is 6.24. The highest BCUT2D eigenvalue weighted by Gasteiger charge is 2.14. The van der Waals surface area contributed by atoms with Gasteiger partial charge in [0, 0.05) is 24.5 Å². The highest BCUT2D eigenvalue weighted by atomic mass is 15.4. The largest absolute Gasteiger partial charge is 0.399 e. The Morgan fingerprint density at radius 1 is 0.963 bits per heavy atom. The molecule has 0 saturated heterocycles. The van der Waals surface area contributed by atoms with E-state index in [1.807, 2.05) is 25.1 Å². The molecule has 8 nitrogen and oxygen atoms in total. The lowest BCUT2D eigenvalue weighted by atomic mass is 10.2. The molecule has 1 unspecified atom stereocenters. The second-order valence-electron chi connectivity index (χ2n) is 6.78. The molecule has 0 aliphatic carbocycles. The van der Waals surface area contributed by atoms with Crippen LogP contribution in [0.25, 0.3) is 0 Å². The molecule has 0 aromatic heterocycles. The number of hydrogen-bond acceptors (Lipinski definition) is 8. The molecule has 0 fully saturated rings. The maximum absolute atomic E-state index is 6.24. The molecule has 0 radical (unpaired) electrons. The Bertz CT molecular complexity index is 748. The lowest BCUT2D eigenvalue weighted by Crippen LogP contribution is -2.43. The van der Waals surface area contributed by atoms with Gasteiger partial charge in [0.2, 0.25) is 0 Å². The molecule has 27 heavy (non-hydrogen) atoms. The van der Waals surface area contributed by atoms with E-state index >= 15 is 0 Å². The Hall–Kier alpha value is -2.84. The third-order valence-corrected chi connectivity index (χ3v) is 4.50. The Kier molecular flexibility index (Phi) is 6.98. The van der Waals surface area contributed by atoms with Crippen molar-refractivity contribution in [3.8, 4) is 0 Å². The first kappa shape index (κ1) is 20.5. The number of benzene rings is 2. The van der Waals surface area contributed by atoms with E-state index in [1.54, 1.807) is 28.2 Å². The summed E-state index contributed by atoms with van der Waals surface area (Å²) in [5.41, 5.74) is 22.2. The number of nitrogen functional groups attached to an aromatic ring is 3. The third-order valence-electron chi connectivity index (χ3n) is 4.50. The first-order chi connectivity index (χ1) is 12.8. The monoisotopic (exact) mass is 372 g/mol. The van der Waals surface area contributed by atoms with Crippen LogP contribution in [0.2, 0.25) is 0 Å². The highest BCUT2D eigenvalue weighted by molar-refractivity contribution is 5.73. The number of nitrogens with two attached hydrogens (primary N) is 5. The van der Waals surface area contributed by atoms with Crippen molar-refractivity contribution in [1.82, 2.24) is 0 Å². The van der Waals surface area contributed by atoms with Gasteiger partial charge in [-0.15, -0.1) is 0 Å². The van der Waals surface area contributed by atoms with Crippen molar-refractivity contribution < 1.29 is 0 Å². The molecule has 2 rings (SSSR count). The van der Waals surface area contributed by atoms with E-state index in [-0.39, 0.29) is 6.04 Å². The fourth-order valence-corrected chi connectivity index (χ4v) is 2.74. The van der Waals surface area contributed by atoms with Crippen LogP contribution in [0, 0.1) is 0 Å². The van der Waals surface area contributed by atoms with Gasteiger partial charge < -0.3 is 32.5 Å². The SMILES string of the molecule is CCCCN(N)c1cc(NCC(C)N(N)c2cc(N)ccc2N)ccc1N. The van der Waals surface area contributed by atoms with E-state index in [1.165, 1.54) is 0 Å². The summed E-state index contributed by atoms with van der Waals surface area (Å²) in [6, 6.07) is 11.0. The van der Waals surface area contributed by atoms with Crippen molar-refractivity contribution >= 4 is 34.1 Å². The minimum absolute atomic E-state index is 0.0239. The first-order valence-corrected chi connectivity index (χ1v) is 9.18. The molecule has 2 aromatic carbocycles. The Morgan fingerprint density at radius 2 is 1.63 bits per heavy atom. The zero-order chi connectivity index (χ0) is 20.0. The smallest absolute Gasteiger partial charge is 0.0770 e. The Morgan fingerprint density at radius 3 is 2.33 bits per heavy atom. The van der Waals surface area contributed by atoms with Gasteiger partial charge in [-0.1, -0.05) is 13.3 Å². The molecule has 8 heteroatoms. The normalized spacial score (nSPS) is 11.9. The van der Waals surface area contributed by atoms with Crippen LogP contribution in [0.4, 0.5) is 34.1 Å². The Balaban J connectivity index is 2.04. The van der Waals surface area contributed by atoms with Crippen LogP contribution in [0.5, 0.6) is 0 Å². The van der Waals surface area contributed by atoms with E-state index in [4.69, 9.17) is 28.9 Å². The summed E-state index contributed by atoms with van der Waals surface area (Å²) < 4.78 is 0. The molecule has 148 valence electrons. The average Bonchev–Trinajstić information content (AvgIpc) is 2.66. The number of nitrogens with one attached hydrogen (secondary N) is 1. The predicted octanol–water partition coefficient (Wildman–Crippen LogP) is 2.09. The van der Waals surface area contributed by atoms with Crippen LogP contribution in [0.15, 0.2) is 36.4 Å². The predicted molar refractivity (Wildman–Crippen MR) is 117 cm³/mol. The van der Waals surface area contributed by atoms with Crippen molar-refractivity contribution in [1.29, 1.82) is 0 Å². The summed E-state index contributed by atoms with van der Waals surface area (Å²) in [4.78, 5) is 0. The number of anilines is 6. The van der Waals surface area contributed by atoms with E-state index in [0.717, 1.165) is 30.8 Å². The van der Waals surface area contributed by atoms with E-state index in [9.17, 15) is 0 Å². The highest BCUT2D eigenvalue weighted by Crippen LogP contribution is 2.27. The number of rotatable bonds is 9. The molecule has 0 spiro atoms. The van der Waals surface area contributed by atoms with Crippen LogP contribution >= 0.6 is 0 Å². The minimum atomic E-state index is -0.0239. The summed E-state index contributed by atoms with van der Waals surface area (Å²) in [5.74, 6) is 12.4. The van der Waals surface area contributed by atoms with Crippen molar-refractivity contribution in [2.24, 2.45) is 11.7 Å². The van der Waals surface area contributed by atoms with Crippen molar-refractivity contribution in [2.75, 3.05) is 45.6 Å². The zero-order valence-electron chi connectivity index (χ0n) is 16.2. The fraction of sp³-hybridized carbons (Fsp3) is 0.368. The second-order valence-corrected chi connectivity index (χ2v) is 6.78. The third kappa shape index (κ3) is 5.32. The summed E-state index contributed by atoms with van der Waals surface area (Å²) in [7, 11) is 0.